The van der Waals surface area contributed by atoms with Gasteiger partial charge < -0.3 is 20.4 Å². The smallest absolute Gasteiger partial charge is 0.142 e. The quantitative estimate of drug-likeness (QED) is 0.594. The van der Waals surface area contributed by atoms with Crippen molar-refractivity contribution in [3.8, 4) is 5.75 Å². The van der Waals surface area contributed by atoms with Gasteiger partial charge in [0.05, 0.1) is 12.8 Å². The van der Waals surface area contributed by atoms with Crippen LogP contribution in [0.4, 0.5) is 5.69 Å². The Balaban J connectivity index is 2.36. The van der Waals surface area contributed by atoms with E-state index in [1.807, 2.05) is 12.1 Å². The first-order valence-electron chi connectivity index (χ1n) is 5.38. The number of nitrogen functional groups attached to an aromatic ring is 1. The maximum absolute atomic E-state index is 12.7. The highest BCUT2D eigenvalue weighted by molar-refractivity contribution is 7.71. The Kier molecular flexibility index (Phi) is 3.22. The van der Waals surface area contributed by atoms with Gasteiger partial charge in [0.2, 0.25) is 0 Å². The first kappa shape index (κ1) is 11.5. The molecule has 1 saturated heterocycles. The number of anilines is 1. The van der Waals surface area contributed by atoms with Gasteiger partial charge in [0.1, 0.15) is 12.9 Å². The van der Waals surface area contributed by atoms with Crippen LogP contribution in [0.3, 0.4) is 0 Å². The zero-order valence-corrected chi connectivity index (χ0v) is 10.3. The molecule has 0 bridgehead atoms. The van der Waals surface area contributed by atoms with Crippen LogP contribution in [0, 0.1) is 0 Å². The van der Waals surface area contributed by atoms with Crippen LogP contribution < -0.4 is 21.1 Å². The van der Waals surface area contributed by atoms with E-state index in [-0.39, 0.29) is 0 Å². The van der Waals surface area contributed by atoms with Crippen molar-refractivity contribution in [2.24, 2.45) is 0 Å². The van der Waals surface area contributed by atoms with Gasteiger partial charge in [0, 0.05) is 30.7 Å². The minimum atomic E-state index is -2.22. The number of hydrogen-bond acceptors (Lipinski definition) is 4. The standard InChI is InChI=1S/C11H17N2O2P/c1-15-11-8-9(2-3-10(11)12)16(14)6-4-13-5-7-16/h2-3,8,13H,4-7,12H2,1H3. The van der Waals surface area contributed by atoms with E-state index in [1.54, 1.807) is 13.2 Å². The normalized spacial score (nSPS) is 19.3. The van der Waals surface area contributed by atoms with Crippen LogP contribution in [0.1, 0.15) is 0 Å². The molecule has 1 aromatic rings. The van der Waals surface area contributed by atoms with E-state index in [1.165, 1.54) is 0 Å². The fourth-order valence-electron chi connectivity index (χ4n) is 1.97. The van der Waals surface area contributed by atoms with E-state index in [0.29, 0.717) is 11.4 Å². The SMILES string of the molecule is COc1cc(P2(=O)CCNCC2)ccc1N. The van der Waals surface area contributed by atoms with Gasteiger partial charge in [-0.3, -0.25) is 0 Å². The summed E-state index contributed by atoms with van der Waals surface area (Å²) in [6.07, 6.45) is 1.44. The lowest BCUT2D eigenvalue weighted by Crippen LogP contribution is -2.32. The summed E-state index contributed by atoms with van der Waals surface area (Å²) in [6, 6.07) is 5.46. The van der Waals surface area contributed by atoms with Gasteiger partial charge in [-0.15, -0.1) is 0 Å². The first-order chi connectivity index (χ1) is 7.65. The second kappa shape index (κ2) is 4.48. The molecule has 0 unspecified atom stereocenters. The molecule has 0 aliphatic carbocycles. The zero-order valence-electron chi connectivity index (χ0n) is 9.40. The molecule has 0 saturated carbocycles. The van der Waals surface area contributed by atoms with Crippen LogP contribution in [0.25, 0.3) is 0 Å². The van der Waals surface area contributed by atoms with Crippen molar-refractivity contribution in [1.29, 1.82) is 0 Å². The van der Waals surface area contributed by atoms with E-state index in [4.69, 9.17) is 10.5 Å². The summed E-state index contributed by atoms with van der Waals surface area (Å²) < 4.78 is 17.8. The molecule has 1 aromatic carbocycles. The lowest BCUT2D eigenvalue weighted by molar-refractivity contribution is 0.417. The van der Waals surface area contributed by atoms with E-state index >= 15 is 0 Å². The summed E-state index contributed by atoms with van der Waals surface area (Å²) in [4.78, 5) is 0. The number of rotatable bonds is 2. The van der Waals surface area contributed by atoms with Crippen LogP contribution in [0.2, 0.25) is 0 Å². The van der Waals surface area contributed by atoms with Crippen LogP contribution >= 0.6 is 7.14 Å². The van der Waals surface area contributed by atoms with Gasteiger partial charge in [-0.25, -0.2) is 0 Å². The van der Waals surface area contributed by atoms with Crippen molar-refractivity contribution in [2.75, 3.05) is 38.3 Å². The number of ether oxygens (including phenoxy) is 1. The van der Waals surface area contributed by atoms with Gasteiger partial charge in [-0.2, -0.15) is 0 Å². The number of hydrogen-bond donors (Lipinski definition) is 2. The maximum atomic E-state index is 12.7. The van der Waals surface area contributed by atoms with Gasteiger partial charge in [-0.1, -0.05) is 0 Å². The Morgan fingerprint density at radius 1 is 1.38 bits per heavy atom. The Morgan fingerprint density at radius 3 is 2.69 bits per heavy atom. The van der Waals surface area contributed by atoms with Crippen molar-refractivity contribution < 1.29 is 9.30 Å². The first-order valence-corrected chi connectivity index (χ1v) is 7.46. The predicted octanol–water partition coefficient (Wildman–Crippen LogP) is 0.869. The highest BCUT2D eigenvalue weighted by atomic mass is 31.2. The molecule has 0 amide bonds. The number of benzene rings is 1. The van der Waals surface area contributed by atoms with Gasteiger partial charge in [-0.05, 0) is 18.2 Å². The summed E-state index contributed by atoms with van der Waals surface area (Å²) in [5.74, 6) is 0.617. The molecule has 2 rings (SSSR count). The third kappa shape index (κ3) is 2.08. The van der Waals surface area contributed by atoms with E-state index in [2.05, 4.69) is 5.32 Å². The molecular formula is C11H17N2O2P. The van der Waals surface area contributed by atoms with Gasteiger partial charge in [0.15, 0.2) is 0 Å². The Morgan fingerprint density at radius 2 is 2.06 bits per heavy atom. The summed E-state index contributed by atoms with van der Waals surface area (Å²) in [7, 11) is -0.647. The molecule has 0 radical (unpaired) electrons. The zero-order chi connectivity index (χ0) is 11.6. The average Bonchev–Trinajstić information content (AvgIpc) is 2.30. The Hall–Kier alpha value is -0.990. The van der Waals surface area contributed by atoms with Crippen LogP contribution in [-0.2, 0) is 4.57 Å². The topological polar surface area (TPSA) is 64.3 Å². The second-order valence-corrected chi connectivity index (χ2v) is 7.20. The minimum Gasteiger partial charge on any atom is -0.495 e. The van der Waals surface area contributed by atoms with Crippen LogP contribution in [-0.4, -0.2) is 32.5 Å². The molecular weight excluding hydrogens is 223 g/mol. The molecule has 1 heterocycles. The largest absolute Gasteiger partial charge is 0.495 e. The van der Waals surface area contributed by atoms with E-state index < -0.39 is 7.14 Å². The highest BCUT2D eigenvalue weighted by Crippen LogP contribution is 2.45. The van der Waals surface area contributed by atoms with Gasteiger partial charge >= 0.3 is 0 Å². The number of nitrogens with one attached hydrogen (secondary N) is 1. The predicted molar refractivity (Wildman–Crippen MR) is 67.3 cm³/mol. The molecule has 1 aliphatic rings. The summed E-state index contributed by atoms with van der Waals surface area (Å²) >= 11 is 0. The maximum Gasteiger partial charge on any atom is 0.142 e. The molecule has 0 spiro atoms. The number of methoxy groups -OCH3 is 1. The molecule has 1 aliphatic heterocycles. The molecule has 5 heteroatoms. The fraction of sp³-hybridized carbons (Fsp3) is 0.455. The van der Waals surface area contributed by atoms with Crippen molar-refractivity contribution >= 4 is 18.1 Å². The fourth-order valence-corrected chi connectivity index (χ4v) is 4.45. The Labute approximate surface area is 95.5 Å². The molecule has 3 N–H and O–H groups in total. The van der Waals surface area contributed by atoms with Crippen molar-refractivity contribution in [3.63, 3.8) is 0 Å². The van der Waals surface area contributed by atoms with Gasteiger partial charge in [0.25, 0.3) is 0 Å². The average molecular weight is 240 g/mol. The van der Waals surface area contributed by atoms with Crippen LogP contribution in [0.5, 0.6) is 5.75 Å². The third-order valence-electron chi connectivity index (χ3n) is 2.99. The van der Waals surface area contributed by atoms with Crippen molar-refractivity contribution in [3.05, 3.63) is 18.2 Å². The lowest BCUT2D eigenvalue weighted by Gasteiger charge is -2.24. The van der Waals surface area contributed by atoms with Crippen LogP contribution in [0.15, 0.2) is 18.2 Å². The monoisotopic (exact) mass is 240 g/mol. The lowest BCUT2D eigenvalue weighted by atomic mass is 10.3. The molecule has 16 heavy (non-hydrogen) atoms. The summed E-state index contributed by atoms with van der Waals surface area (Å²) in [5, 5.41) is 4.11. The molecule has 0 aromatic heterocycles. The summed E-state index contributed by atoms with van der Waals surface area (Å²) in [5.41, 5.74) is 6.34. The molecule has 88 valence electrons. The molecule has 0 atom stereocenters. The minimum absolute atomic E-state index is 0.591. The van der Waals surface area contributed by atoms with Crippen molar-refractivity contribution in [1.82, 2.24) is 5.32 Å². The third-order valence-corrected chi connectivity index (χ3v) is 6.10. The van der Waals surface area contributed by atoms with E-state index in [9.17, 15) is 4.57 Å². The second-order valence-electron chi connectivity index (χ2n) is 4.01. The summed E-state index contributed by atoms with van der Waals surface area (Å²) in [6.45, 7) is 1.65. The van der Waals surface area contributed by atoms with E-state index in [0.717, 1.165) is 30.7 Å². The number of nitrogens with two attached hydrogens (primary N) is 1. The Bertz CT molecular complexity index is 424. The molecule has 1 fully saturated rings. The van der Waals surface area contributed by atoms with Crippen molar-refractivity contribution in [2.45, 2.75) is 0 Å². The molecule has 4 nitrogen and oxygen atoms in total. The highest BCUT2D eigenvalue weighted by Gasteiger charge is 2.27.